The van der Waals surface area contributed by atoms with Gasteiger partial charge >= 0.3 is 0 Å². The van der Waals surface area contributed by atoms with Crippen molar-refractivity contribution in [3.8, 4) is 5.75 Å². The van der Waals surface area contributed by atoms with Gasteiger partial charge in [0.05, 0.1) is 5.02 Å². The number of phenols is 1. The van der Waals surface area contributed by atoms with Gasteiger partial charge in [-0.15, -0.1) is 11.3 Å². The number of carbonyl (C=O) groups excluding carboxylic acids is 1. The molecule has 0 aliphatic rings. The summed E-state index contributed by atoms with van der Waals surface area (Å²) >= 11 is 7.19. The highest BCUT2D eigenvalue weighted by molar-refractivity contribution is 7.13. The number of benzene rings is 1. The van der Waals surface area contributed by atoms with E-state index in [9.17, 15) is 9.18 Å². The Morgan fingerprint density at radius 1 is 1.50 bits per heavy atom. The number of aromatic hydroxyl groups is 1. The van der Waals surface area contributed by atoms with Crippen LogP contribution in [-0.4, -0.2) is 11.0 Å². The molecule has 3 nitrogen and oxygen atoms in total. The molecular weight excluding hydrogens is 277 g/mol. The molecule has 2 aromatic rings. The van der Waals surface area contributed by atoms with Crippen LogP contribution in [0.5, 0.6) is 5.75 Å². The van der Waals surface area contributed by atoms with Gasteiger partial charge in [0.15, 0.2) is 11.6 Å². The molecule has 2 N–H and O–H groups in total. The highest BCUT2D eigenvalue weighted by Gasteiger charge is 2.15. The number of thiophene rings is 1. The van der Waals surface area contributed by atoms with Crippen molar-refractivity contribution in [2.45, 2.75) is 6.92 Å². The molecule has 6 heteroatoms. The Balaban J connectivity index is 2.21. The number of halogens is 2. The molecule has 1 aromatic heterocycles. The van der Waals surface area contributed by atoms with Crippen molar-refractivity contribution in [1.82, 2.24) is 0 Å². The first-order valence-corrected chi connectivity index (χ1v) is 6.28. The summed E-state index contributed by atoms with van der Waals surface area (Å²) in [5.74, 6) is -1.65. The summed E-state index contributed by atoms with van der Waals surface area (Å²) in [6, 6.07) is 3.62. The zero-order valence-electron chi connectivity index (χ0n) is 9.33. The minimum absolute atomic E-state index is 0.261. The molecule has 0 saturated heterocycles. The lowest BCUT2D eigenvalue weighted by atomic mass is 10.2. The quantitative estimate of drug-likeness (QED) is 0.825. The van der Waals surface area contributed by atoms with Crippen LogP contribution >= 0.6 is 22.9 Å². The lowest BCUT2D eigenvalue weighted by Gasteiger charge is -2.05. The van der Waals surface area contributed by atoms with Crippen molar-refractivity contribution in [1.29, 1.82) is 0 Å². The molecule has 0 saturated carbocycles. The van der Waals surface area contributed by atoms with E-state index in [1.807, 2.05) is 0 Å². The second-order valence-corrected chi connectivity index (χ2v) is 4.94. The summed E-state index contributed by atoms with van der Waals surface area (Å²) in [5, 5.41) is 13.7. The fraction of sp³-hybridized carbons (Fsp3) is 0.0833. The third-order valence-electron chi connectivity index (χ3n) is 2.31. The molecule has 0 bridgehead atoms. The summed E-state index contributed by atoms with van der Waals surface area (Å²) in [5.41, 5.74) is 1.08. The monoisotopic (exact) mass is 285 g/mol. The molecule has 0 radical (unpaired) electrons. The lowest BCUT2D eigenvalue weighted by Crippen LogP contribution is -2.10. The maximum atomic E-state index is 13.1. The number of amides is 1. The summed E-state index contributed by atoms with van der Waals surface area (Å²) < 4.78 is 13.1. The molecule has 1 aromatic carbocycles. The van der Waals surface area contributed by atoms with Gasteiger partial charge in [-0.2, -0.15) is 0 Å². The van der Waals surface area contributed by atoms with Gasteiger partial charge in [-0.3, -0.25) is 4.79 Å². The minimum atomic E-state index is -0.791. The zero-order valence-corrected chi connectivity index (χ0v) is 10.9. The van der Waals surface area contributed by atoms with Crippen molar-refractivity contribution >= 4 is 34.5 Å². The van der Waals surface area contributed by atoms with Crippen LogP contribution in [0, 0.1) is 12.7 Å². The normalized spacial score (nSPS) is 10.4. The fourth-order valence-corrected chi connectivity index (χ4v) is 2.53. The molecule has 0 aliphatic carbocycles. The molecular formula is C12H9ClFNO2S. The maximum absolute atomic E-state index is 13.1. The van der Waals surface area contributed by atoms with E-state index in [1.54, 1.807) is 12.3 Å². The van der Waals surface area contributed by atoms with Crippen molar-refractivity contribution < 1.29 is 14.3 Å². The molecule has 18 heavy (non-hydrogen) atoms. The smallest absolute Gasteiger partial charge is 0.267 e. The molecule has 1 heterocycles. The van der Waals surface area contributed by atoms with Crippen LogP contribution in [0.25, 0.3) is 0 Å². The largest absolute Gasteiger partial charge is 0.505 e. The summed E-state index contributed by atoms with van der Waals surface area (Å²) in [4.78, 5) is 12.3. The Hall–Kier alpha value is -1.59. The minimum Gasteiger partial charge on any atom is -0.505 e. The third-order valence-corrected chi connectivity index (χ3v) is 4.01. The van der Waals surface area contributed by atoms with E-state index in [4.69, 9.17) is 16.7 Å². The predicted molar refractivity (Wildman–Crippen MR) is 70.1 cm³/mol. The standard InChI is InChI=1S/C12H9ClFNO2S/c1-6-5-18-11(10(6)13)12(17)15-7-2-3-9(16)8(14)4-7/h2-5,16H,1H3,(H,15,17). The van der Waals surface area contributed by atoms with Crippen LogP contribution in [0.3, 0.4) is 0 Å². The first-order valence-electron chi connectivity index (χ1n) is 5.02. The van der Waals surface area contributed by atoms with E-state index in [-0.39, 0.29) is 5.69 Å². The van der Waals surface area contributed by atoms with Crippen molar-refractivity contribution in [3.05, 3.63) is 44.9 Å². The van der Waals surface area contributed by atoms with Crippen molar-refractivity contribution in [2.24, 2.45) is 0 Å². The predicted octanol–water partition coefficient (Wildman–Crippen LogP) is 3.81. The molecule has 0 spiro atoms. The first kappa shape index (κ1) is 12.9. The second-order valence-electron chi connectivity index (χ2n) is 3.68. The Morgan fingerprint density at radius 2 is 2.22 bits per heavy atom. The first-order chi connectivity index (χ1) is 8.49. The average Bonchev–Trinajstić information content (AvgIpc) is 2.65. The SMILES string of the molecule is Cc1csc(C(=O)Nc2ccc(O)c(F)c2)c1Cl. The van der Waals surface area contributed by atoms with Crippen LogP contribution in [0.4, 0.5) is 10.1 Å². The van der Waals surface area contributed by atoms with E-state index in [1.165, 1.54) is 23.5 Å². The van der Waals surface area contributed by atoms with Gasteiger partial charge in [0, 0.05) is 11.8 Å². The number of phenolic OH excluding ortho intramolecular Hbond substituents is 1. The molecule has 2 rings (SSSR count). The van der Waals surface area contributed by atoms with Crippen LogP contribution in [0.1, 0.15) is 15.2 Å². The fourth-order valence-electron chi connectivity index (χ4n) is 1.36. The molecule has 0 unspecified atom stereocenters. The highest BCUT2D eigenvalue weighted by atomic mass is 35.5. The van der Waals surface area contributed by atoms with E-state index >= 15 is 0 Å². The lowest BCUT2D eigenvalue weighted by molar-refractivity contribution is 0.103. The highest BCUT2D eigenvalue weighted by Crippen LogP contribution is 2.28. The Labute approximate surface area is 112 Å². The number of hydrogen-bond donors (Lipinski definition) is 2. The van der Waals surface area contributed by atoms with Gasteiger partial charge in [-0.1, -0.05) is 11.6 Å². The molecule has 94 valence electrons. The number of carbonyl (C=O) groups is 1. The van der Waals surface area contributed by atoms with E-state index in [0.717, 1.165) is 11.6 Å². The summed E-state index contributed by atoms with van der Waals surface area (Å²) in [6.07, 6.45) is 0. The number of aryl methyl sites for hydroxylation is 1. The van der Waals surface area contributed by atoms with Crippen LogP contribution in [0.2, 0.25) is 5.02 Å². The van der Waals surface area contributed by atoms with Gasteiger partial charge in [0.25, 0.3) is 5.91 Å². The average molecular weight is 286 g/mol. The number of nitrogens with one attached hydrogen (secondary N) is 1. The summed E-state index contributed by atoms with van der Waals surface area (Å²) in [7, 11) is 0. The number of anilines is 1. The van der Waals surface area contributed by atoms with Gasteiger partial charge in [0.2, 0.25) is 0 Å². The Morgan fingerprint density at radius 3 is 2.78 bits per heavy atom. The Bertz CT molecular complexity index is 612. The second kappa shape index (κ2) is 4.96. The van der Waals surface area contributed by atoms with Gasteiger partial charge < -0.3 is 10.4 Å². The van der Waals surface area contributed by atoms with Crippen LogP contribution < -0.4 is 5.32 Å². The number of hydrogen-bond acceptors (Lipinski definition) is 3. The maximum Gasteiger partial charge on any atom is 0.267 e. The third kappa shape index (κ3) is 2.47. The molecule has 0 fully saturated rings. The summed E-state index contributed by atoms with van der Waals surface area (Å²) in [6.45, 7) is 1.80. The van der Waals surface area contributed by atoms with Gasteiger partial charge in [-0.25, -0.2) is 4.39 Å². The van der Waals surface area contributed by atoms with Crippen LogP contribution in [-0.2, 0) is 0 Å². The topological polar surface area (TPSA) is 49.3 Å². The van der Waals surface area contributed by atoms with Crippen LogP contribution in [0.15, 0.2) is 23.6 Å². The zero-order chi connectivity index (χ0) is 13.3. The van der Waals surface area contributed by atoms with E-state index < -0.39 is 17.5 Å². The van der Waals surface area contributed by atoms with Crippen molar-refractivity contribution in [3.63, 3.8) is 0 Å². The molecule has 0 atom stereocenters. The van der Waals surface area contributed by atoms with Gasteiger partial charge in [0.1, 0.15) is 4.88 Å². The van der Waals surface area contributed by atoms with E-state index in [0.29, 0.717) is 9.90 Å². The Kier molecular flexibility index (Phi) is 3.54. The molecule has 1 amide bonds. The van der Waals surface area contributed by atoms with Crippen molar-refractivity contribution in [2.75, 3.05) is 5.32 Å². The van der Waals surface area contributed by atoms with Gasteiger partial charge in [-0.05, 0) is 30.0 Å². The molecule has 0 aliphatic heterocycles. The van der Waals surface area contributed by atoms with E-state index in [2.05, 4.69) is 5.32 Å². The number of rotatable bonds is 2.